The van der Waals surface area contributed by atoms with Crippen LogP contribution in [0, 0.1) is 5.92 Å². The van der Waals surface area contributed by atoms with Crippen LogP contribution in [0.25, 0.3) is 0 Å². The molecule has 0 spiro atoms. The van der Waals surface area contributed by atoms with Gasteiger partial charge in [0, 0.05) is 0 Å². The fraction of sp³-hybridized carbons (Fsp3) is 0.600. The molecule has 2 unspecified atom stereocenters. The second-order valence-electron chi connectivity index (χ2n) is 2.40. The third kappa shape index (κ3) is 0.386. The Labute approximate surface area is 51.1 Å². The number of hydrogen-bond acceptors (Lipinski definition) is 2. The van der Waals surface area contributed by atoms with E-state index >= 15 is 0 Å². The first-order valence-corrected chi connectivity index (χ1v) is 2.78. The van der Waals surface area contributed by atoms with E-state index in [4.69, 9.17) is 5.11 Å². The van der Waals surface area contributed by atoms with E-state index in [1.165, 1.54) is 0 Å². The molecule has 0 radical (unpaired) electrons. The van der Waals surface area contributed by atoms with Gasteiger partial charge in [-0.1, -0.05) is 0 Å². The number of carbonyl (C=O) groups excluding carboxylic acids is 1. The SMILES string of the molecule is O=C(O)N1C(=O)C2CC21. The van der Waals surface area contributed by atoms with Gasteiger partial charge in [0.15, 0.2) is 0 Å². The van der Waals surface area contributed by atoms with E-state index in [1.54, 1.807) is 0 Å². The third-order valence-electron chi connectivity index (χ3n) is 1.85. The van der Waals surface area contributed by atoms with Gasteiger partial charge in [0.2, 0.25) is 5.91 Å². The van der Waals surface area contributed by atoms with Gasteiger partial charge in [0.05, 0.1) is 12.0 Å². The van der Waals surface area contributed by atoms with Crippen LogP contribution in [0.15, 0.2) is 0 Å². The van der Waals surface area contributed by atoms with Gasteiger partial charge in [-0.25, -0.2) is 9.69 Å². The number of hydrogen-bond donors (Lipinski definition) is 1. The lowest BCUT2D eigenvalue weighted by molar-refractivity contribution is -0.137. The minimum atomic E-state index is -1.10. The number of amides is 2. The molecule has 2 fully saturated rings. The first-order chi connectivity index (χ1) is 4.22. The Kier molecular flexibility index (Phi) is 0.583. The molecule has 2 rings (SSSR count). The molecule has 1 saturated heterocycles. The van der Waals surface area contributed by atoms with Gasteiger partial charge in [0.25, 0.3) is 0 Å². The van der Waals surface area contributed by atoms with Gasteiger partial charge in [-0.15, -0.1) is 0 Å². The van der Waals surface area contributed by atoms with E-state index in [-0.39, 0.29) is 17.9 Å². The maximum atomic E-state index is 10.6. The molecule has 0 aromatic heterocycles. The van der Waals surface area contributed by atoms with Crippen molar-refractivity contribution >= 4 is 12.0 Å². The van der Waals surface area contributed by atoms with Crippen LogP contribution in [0.4, 0.5) is 4.79 Å². The average Bonchev–Trinajstić information content (AvgIpc) is 2.41. The van der Waals surface area contributed by atoms with Crippen molar-refractivity contribution in [2.24, 2.45) is 5.92 Å². The highest BCUT2D eigenvalue weighted by Gasteiger charge is 2.62. The summed E-state index contributed by atoms with van der Waals surface area (Å²) < 4.78 is 0. The highest BCUT2D eigenvalue weighted by Crippen LogP contribution is 2.47. The number of likely N-dealkylation sites (tertiary alicyclic amines) is 1. The summed E-state index contributed by atoms with van der Waals surface area (Å²) in [7, 11) is 0. The molecule has 1 heterocycles. The summed E-state index contributed by atoms with van der Waals surface area (Å²) in [6.45, 7) is 0. The smallest absolute Gasteiger partial charge is 0.414 e. The number of imide groups is 1. The van der Waals surface area contributed by atoms with Gasteiger partial charge in [-0.05, 0) is 6.42 Å². The van der Waals surface area contributed by atoms with Crippen molar-refractivity contribution in [3.05, 3.63) is 0 Å². The van der Waals surface area contributed by atoms with Crippen LogP contribution in [0.2, 0.25) is 0 Å². The van der Waals surface area contributed by atoms with E-state index in [2.05, 4.69) is 0 Å². The molecule has 48 valence electrons. The van der Waals surface area contributed by atoms with Gasteiger partial charge < -0.3 is 5.11 Å². The van der Waals surface area contributed by atoms with E-state index in [0.717, 1.165) is 11.3 Å². The van der Waals surface area contributed by atoms with Crippen molar-refractivity contribution in [3.63, 3.8) is 0 Å². The first-order valence-electron chi connectivity index (χ1n) is 2.78. The maximum absolute atomic E-state index is 10.6. The van der Waals surface area contributed by atoms with Gasteiger partial charge >= 0.3 is 6.09 Å². The number of carbonyl (C=O) groups is 2. The third-order valence-corrected chi connectivity index (χ3v) is 1.85. The predicted molar refractivity (Wildman–Crippen MR) is 26.8 cm³/mol. The fourth-order valence-electron chi connectivity index (χ4n) is 1.23. The van der Waals surface area contributed by atoms with Gasteiger partial charge in [0.1, 0.15) is 0 Å². The Hall–Kier alpha value is -1.06. The first kappa shape index (κ1) is 4.78. The molecule has 2 atom stereocenters. The Morgan fingerprint density at radius 2 is 2.44 bits per heavy atom. The number of fused-ring (bicyclic) bond motifs is 1. The molecule has 9 heavy (non-hydrogen) atoms. The van der Waals surface area contributed by atoms with Crippen molar-refractivity contribution in [1.82, 2.24) is 4.90 Å². The molecule has 2 aliphatic rings. The standard InChI is InChI=1S/C5H5NO3/c7-4-2-1-3(2)6(4)5(8)9/h2-3H,1H2,(H,8,9). The van der Waals surface area contributed by atoms with E-state index in [1.807, 2.05) is 0 Å². The second kappa shape index (κ2) is 1.10. The van der Waals surface area contributed by atoms with Gasteiger partial charge in [-0.2, -0.15) is 0 Å². The molecular weight excluding hydrogens is 122 g/mol. The van der Waals surface area contributed by atoms with Crippen molar-refractivity contribution < 1.29 is 14.7 Å². The minimum absolute atomic E-state index is 0.0509. The molecule has 2 amide bonds. The summed E-state index contributed by atoms with van der Waals surface area (Å²) in [5.74, 6) is -0.145. The second-order valence-corrected chi connectivity index (χ2v) is 2.40. The summed E-state index contributed by atoms with van der Waals surface area (Å²) in [4.78, 5) is 21.6. The number of nitrogens with zero attached hydrogens (tertiary/aromatic N) is 1. The van der Waals surface area contributed by atoms with Crippen molar-refractivity contribution in [2.75, 3.05) is 0 Å². The molecule has 0 aromatic rings. The Bertz CT molecular complexity index is 200. The Morgan fingerprint density at radius 1 is 1.78 bits per heavy atom. The molecule has 0 aromatic carbocycles. The summed E-state index contributed by atoms with van der Waals surface area (Å²) in [6, 6.07) is 0.0509. The predicted octanol–water partition coefficient (Wildman–Crippen LogP) is -0.105. The number of β-lactam (4-membered cyclic amide) rings is 1. The number of rotatable bonds is 0. The molecular formula is C5H5NO3. The van der Waals surface area contributed by atoms with Crippen molar-refractivity contribution in [1.29, 1.82) is 0 Å². The molecule has 4 nitrogen and oxygen atoms in total. The van der Waals surface area contributed by atoms with Crippen molar-refractivity contribution in [2.45, 2.75) is 12.5 Å². The quantitative estimate of drug-likeness (QED) is 0.462. The summed E-state index contributed by atoms with van der Waals surface area (Å²) in [5, 5.41) is 8.31. The highest BCUT2D eigenvalue weighted by molar-refractivity contribution is 6.02. The van der Waals surface area contributed by atoms with E-state index in [9.17, 15) is 9.59 Å². The average molecular weight is 127 g/mol. The van der Waals surface area contributed by atoms with Crippen LogP contribution in [0.3, 0.4) is 0 Å². The minimum Gasteiger partial charge on any atom is -0.465 e. The van der Waals surface area contributed by atoms with Crippen LogP contribution in [0.5, 0.6) is 0 Å². The van der Waals surface area contributed by atoms with Crippen LogP contribution in [-0.2, 0) is 4.79 Å². The summed E-state index contributed by atoms with van der Waals surface area (Å²) in [5.41, 5.74) is 0. The topological polar surface area (TPSA) is 57.6 Å². The largest absolute Gasteiger partial charge is 0.465 e. The van der Waals surface area contributed by atoms with Crippen molar-refractivity contribution in [3.8, 4) is 0 Å². The Morgan fingerprint density at radius 3 is 2.67 bits per heavy atom. The zero-order valence-corrected chi connectivity index (χ0v) is 4.57. The highest BCUT2D eigenvalue weighted by atomic mass is 16.4. The monoisotopic (exact) mass is 127 g/mol. The van der Waals surface area contributed by atoms with Crippen LogP contribution >= 0.6 is 0 Å². The molecule has 1 aliphatic heterocycles. The normalized spacial score (nSPS) is 37.3. The summed E-state index contributed by atoms with van der Waals surface area (Å²) >= 11 is 0. The summed E-state index contributed by atoms with van der Waals surface area (Å²) in [6.07, 6.45) is -0.343. The molecule has 0 bridgehead atoms. The zero-order valence-electron chi connectivity index (χ0n) is 4.57. The number of carboxylic acid groups (broad SMARTS) is 1. The fourth-order valence-corrected chi connectivity index (χ4v) is 1.23. The van der Waals surface area contributed by atoms with Crippen LogP contribution < -0.4 is 0 Å². The van der Waals surface area contributed by atoms with E-state index in [0.29, 0.717) is 0 Å². The van der Waals surface area contributed by atoms with Crippen LogP contribution in [-0.4, -0.2) is 28.0 Å². The zero-order chi connectivity index (χ0) is 6.59. The molecule has 1 N–H and O–H groups in total. The lowest BCUT2D eigenvalue weighted by atomic mass is 10.2. The lowest BCUT2D eigenvalue weighted by Crippen LogP contribution is -2.48. The lowest BCUT2D eigenvalue weighted by Gasteiger charge is -2.24. The van der Waals surface area contributed by atoms with Gasteiger partial charge in [-0.3, -0.25) is 4.79 Å². The molecule has 4 heteroatoms. The Balaban J connectivity index is 2.16. The molecule has 1 aliphatic carbocycles. The van der Waals surface area contributed by atoms with Crippen LogP contribution in [0.1, 0.15) is 6.42 Å². The molecule has 1 saturated carbocycles. The van der Waals surface area contributed by atoms with E-state index < -0.39 is 6.09 Å². The maximum Gasteiger partial charge on any atom is 0.414 e.